The number of amides is 1. The number of carbonyl (C=O) groups excluding carboxylic acids is 1. The van der Waals surface area contributed by atoms with Gasteiger partial charge in [0.15, 0.2) is 0 Å². The third-order valence-corrected chi connectivity index (χ3v) is 10.4. The number of nitrogens with one attached hydrogen (secondary N) is 1. The highest BCUT2D eigenvalue weighted by atomic mass is 16.3. The quantitative estimate of drug-likeness (QED) is 0.504. The average molecular weight is 438 g/mol. The minimum atomic E-state index is -0.188. The lowest BCUT2D eigenvalue weighted by atomic mass is 9.44. The molecule has 1 heterocycles. The molecule has 0 aromatic carbocycles. The summed E-state index contributed by atoms with van der Waals surface area (Å²) in [5.41, 5.74) is 5.10. The van der Waals surface area contributed by atoms with Gasteiger partial charge in [-0.2, -0.15) is 5.10 Å². The number of aromatic nitrogens is 1. The molecular formula is C27H39N3O2. The van der Waals surface area contributed by atoms with Gasteiger partial charge in [0.25, 0.3) is 5.91 Å². The third-order valence-electron chi connectivity index (χ3n) is 10.4. The highest BCUT2D eigenvalue weighted by Gasteiger charge is 2.60. The van der Waals surface area contributed by atoms with Gasteiger partial charge < -0.3 is 5.11 Å². The molecule has 4 fully saturated rings. The summed E-state index contributed by atoms with van der Waals surface area (Å²) >= 11 is 0. The molecule has 0 unspecified atom stereocenters. The molecule has 0 aliphatic heterocycles. The number of nitrogens with zero attached hydrogens (tertiary/aromatic N) is 2. The minimum absolute atomic E-state index is 0.0740. The van der Waals surface area contributed by atoms with Crippen molar-refractivity contribution in [2.45, 2.75) is 84.7 Å². The van der Waals surface area contributed by atoms with E-state index in [2.05, 4.69) is 36.3 Å². The Morgan fingerprint density at radius 1 is 1.09 bits per heavy atom. The van der Waals surface area contributed by atoms with Crippen molar-refractivity contribution in [1.29, 1.82) is 0 Å². The van der Waals surface area contributed by atoms with Crippen LogP contribution in [0, 0.1) is 40.4 Å². The maximum Gasteiger partial charge on any atom is 0.272 e. The van der Waals surface area contributed by atoms with Crippen LogP contribution in [0.25, 0.3) is 0 Å². The predicted molar refractivity (Wildman–Crippen MR) is 126 cm³/mol. The Morgan fingerprint density at radius 2 is 1.88 bits per heavy atom. The molecule has 174 valence electrons. The zero-order valence-corrected chi connectivity index (χ0v) is 19.9. The fourth-order valence-electron chi connectivity index (χ4n) is 8.70. The van der Waals surface area contributed by atoms with Crippen LogP contribution in [0.15, 0.2) is 29.6 Å². The number of hydrazone groups is 1. The van der Waals surface area contributed by atoms with Crippen molar-refractivity contribution in [3.8, 4) is 0 Å². The molecule has 8 atom stereocenters. The fraction of sp³-hybridized carbons (Fsp3) is 0.741. The highest BCUT2D eigenvalue weighted by molar-refractivity contribution is 5.95. The topological polar surface area (TPSA) is 74.6 Å². The maximum absolute atomic E-state index is 12.4. The van der Waals surface area contributed by atoms with Crippen molar-refractivity contribution < 1.29 is 9.90 Å². The summed E-state index contributed by atoms with van der Waals surface area (Å²) in [5.74, 6) is 3.35. The summed E-state index contributed by atoms with van der Waals surface area (Å²) in [6, 6.07) is 3.54. The summed E-state index contributed by atoms with van der Waals surface area (Å²) < 4.78 is 0. The van der Waals surface area contributed by atoms with Crippen molar-refractivity contribution in [1.82, 2.24) is 10.4 Å². The predicted octanol–water partition coefficient (Wildman–Crippen LogP) is 5.21. The number of hydrogen-bond donors (Lipinski definition) is 2. The van der Waals surface area contributed by atoms with Crippen LogP contribution in [-0.4, -0.2) is 27.8 Å². The molecule has 5 nitrogen and oxygen atoms in total. The van der Waals surface area contributed by atoms with E-state index in [1.54, 1.807) is 24.5 Å². The summed E-state index contributed by atoms with van der Waals surface area (Å²) in [6.07, 6.45) is 14.1. The van der Waals surface area contributed by atoms with Crippen LogP contribution in [0.2, 0.25) is 0 Å². The summed E-state index contributed by atoms with van der Waals surface area (Å²) in [5, 5.41) is 14.8. The lowest BCUT2D eigenvalue weighted by molar-refractivity contribution is -0.123. The van der Waals surface area contributed by atoms with Crippen LogP contribution in [0.1, 0.15) is 88.9 Å². The Balaban J connectivity index is 1.31. The van der Waals surface area contributed by atoms with Gasteiger partial charge >= 0.3 is 0 Å². The molecule has 4 saturated carbocycles. The molecule has 5 heteroatoms. The normalized spacial score (nSPS) is 43.7. The van der Waals surface area contributed by atoms with Gasteiger partial charge in [0, 0.05) is 24.0 Å². The zero-order valence-electron chi connectivity index (χ0n) is 19.9. The zero-order chi connectivity index (χ0) is 22.5. The Hall–Kier alpha value is -1.75. The van der Waals surface area contributed by atoms with Crippen LogP contribution in [0.4, 0.5) is 0 Å². The second-order valence-corrected chi connectivity index (χ2v) is 11.7. The Bertz CT molecular complexity index is 886. The number of aliphatic hydroxyl groups excluding tert-OH is 1. The first kappa shape index (κ1) is 22.1. The molecule has 4 aliphatic carbocycles. The largest absolute Gasteiger partial charge is 0.393 e. The number of fused-ring (bicyclic) bond motifs is 5. The SMILES string of the molecule is C/C(=N/NC(=O)c1cccnc1)[C@H]1CC[C@H]2[C@@H]3CC[C@H]4C[C@@H](O)CC[C@]4(C)[C@H]3CC[C@]12C. The van der Waals surface area contributed by atoms with Crippen molar-refractivity contribution in [2.75, 3.05) is 0 Å². The average Bonchev–Trinajstić information content (AvgIpc) is 3.15. The molecule has 5 rings (SSSR count). The first-order valence-electron chi connectivity index (χ1n) is 12.8. The Labute approximate surface area is 192 Å². The van der Waals surface area contributed by atoms with Gasteiger partial charge in [0.1, 0.15) is 0 Å². The van der Waals surface area contributed by atoms with E-state index in [0.29, 0.717) is 22.8 Å². The minimum Gasteiger partial charge on any atom is -0.393 e. The van der Waals surface area contributed by atoms with Gasteiger partial charge in [0.05, 0.1) is 11.7 Å². The molecule has 0 saturated heterocycles. The van der Waals surface area contributed by atoms with Gasteiger partial charge in [-0.3, -0.25) is 9.78 Å². The number of hydrogen-bond acceptors (Lipinski definition) is 4. The molecule has 4 aliphatic rings. The fourth-order valence-corrected chi connectivity index (χ4v) is 8.70. The van der Waals surface area contributed by atoms with Crippen LogP contribution in [0.5, 0.6) is 0 Å². The van der Waals surface area contributed by atoms with Gasteiger partial charge in [-0.25, -0.2) is 5.43 Å². The van der Waals surface area contributed by atoms with Gasteiger partial charge in [-0.05, 0) is 111 Å². The molecule has 0 radical (unpaired) electrons. The number of carbonyl (C=O) groups is 1. The molecule has 1 amide bonds. The standard InChI is InChI=1S/C27H39N3O2/c1-17(29-30-25(32)18-5-4-14-28-16-18)22-8-9-23-21-7-6-19-15-20(31)10-12-26(19,2)24(21)11-13-27(22,23)3/h4-5,14,16,19-24,31H,6-13,15H2,1-3H3,(H,30,32)/b29-17-/t19-,20-,21-,22+,23-,24-,26-,27+/m0/s1. The second kappa shape index (κ2) is 8.23. The van der Waals surface area contributed by atoms with E-state index < -0.39 is 0 Å². The Kier molecular flexibility index (Phi) is 5.68. The van der Waals surface area contributed by atoms with Gasteiger partial charge in [-0.1, -0.05) is 13.8 Å². The van der Waals surface area contributed by atoms with E-state index in [1.165, 1.54) is 44.9 Å². The van der Waals surface area contributed by atoms with Crippen molar-refractivity contribution in [3.63, 3.8) is 0 Å². The van der Waals surface area contributed by atoms with E-state index in [9.17, 15) is 9.90 Å². The van der Waals surface area contributed by atoms with Crippen LogP contribution >= 0.6 is 0 Å². The second-order valence-electron chi connectivity index (χ2n) is 11.7. The molecule has 0 spiro atoms. The van der Waals surface area contributed by atoms with Crippen LogP contribution in [0.3, 0.4) is 0 Å². The lowest BCUT2D eigenvalue weighted by Crippen LogP contribution is -2.54. The van der Waals surface area contributed by atoms with Crippen LogP contribution < -0.4 is 5.43 Å². The van der Waals surface area contributed by atoms with Crippen molar-refractivity contribution in [3.05, 3.63) is 30.1 Å². The van der Waals surface area contributed by atoms with E-state index >= 15 is 0 Å². The molecule has 2 N–H and O–H groups in total. The van der Waals surface area contributed by atoms with E-state index in [4.69, 9.17) is 0 Å². The van der Waals surface area contributed by atoms with Crippen molar-refractivity contribution in [2.24, 2.45) is 45.5 Å². The first-order chi connectivity index (χ1) is 15.3. The highest BCUT2D eigenvalue weighted by Crippen LogP contribution is 2.67. The summed E-state index contributed by atoms with van der Waals surface area (Å²) in [6.45, 7) is 7.16. The number of rotatable bonds is 3. The molecule has 1 aromatic heterocycles. The summed E-state index contributed by atoms with van der Waals surface area (Å²) in [7, 11) is 0. The number of pyridine rings is 1. The van der Waals surface area contributed by atoms with E-state index in [-0.39, 0.29) is 17.4 Å². The van der Waals surface area contributed by atoms with E-state index in [0.717, 1.165) is 36.3 Å². The smallest absolute Gasteiger partial charge is 0.272 e. The first-order valence-corrected chi connectivity index (χ1v) is 12.8. The monoisotopic (exact) mass is 437 g/mol. The van der Waals surface area contributed by atoms with E-state index in [1.807, 2.05) is 0 Å². The third kappa shape index (κ3) is 3.52. The number of aliphatic hydroxyl groups is 1. The van der Waals surface area contributed by atoms with Crippen LogP contribution in [-0.2, 0) is 0 Å². The lowest BCUT2D eigenvalue weighted by Gasteiger charge is -2.61. The summed E-state index contributed by atoms with van der Waals surface area (Å²) in [4.78, 5) is 16.5. The molecular weight excluding hydrogens is 398 g/mol. The maximum atomic E-state index is 12.4. The molecule has 0 bridgehead atoms. The van der Waals surface area contributed by atoms with Gasteiger partial charge in [0.2, 0.25) is 0 Å². The Morgan fingerprint density at radius 3 is 2.66 bits per heavy atom. The van der Waals surface area contributed by atoms with Crippen molar-refractivity contribution >= 4 is 11.6 Å². The molecule has 32 heavy (non-hydrogen) atoms. The molecule has 1 aromatic rings. The van der Waals surface area contributed by atoms with Gasteiger partial charge in [-0.15, -0.1) is 0 Å².